The van der Waals surface area contributed by atoms with Crippen LogP contribution in [-0.4, -0.2) is 38.0 Å². The molecule has 0 aromatic carbocycles. The van der Waals surface area contributed by atoms with Crippen molar-refractivity contribution in [2.75, 3.05) is 27.2 Å². The van der Waals surface area contributed by atoms with E-state index in [2.05, 4.69) is 5.32 Å². The van der Waals surface area contributed by atoms with Crippen LogP contribution in [0.3, 0.4) is 0 Å². The third kappa shape index (κ3) is 5.69. The third-order valence-corrected chi connectivity index (χ3v) is 1.42. The van der Waals surface area contributed by atoms with Gasteiger partial charge in [-0.25, -0.2) is 0 Å². The van der Waals surface area contributed by atoms with Crippen LogP contribution in [-0.2, 0) is 4.79 Å². The second-order valence-corrected chi connectivity index (χ2v) is 2.73. The highest BCUT2D eigenvalue weighted by molar-refractivity contribution is 5.77. The third-order valence-electron chi connectivity index (χ3n) is 1.42. The minimum atomic E-state index is 0.0620. The first-order valence-corrected chi connectivity index (χ1v) is 3.96. The molecule has 0 unspecified atom stereocenters. The van der Waals surface area contributed by atoms with Crippen LogP contribution in [0.5, 0.6) is 0 Å². The van der Waals surface area contributed by atoms with Crippen LogP contribution in [0.15, 0.2) is 0 Å². The summed E-state index contributed by atoms with van der Waals surface area (Å²) in [6.45, 7) is 1.09. The largest absolute Gasteiger partial charge is 0.348 e. The number of likely N-dealkylation sites (N-methyl/N-ethyl adjacent to an activating group) is 1. The van der Waals surface area contributed by atoms with Crippen molar-refractivity contribution in [2.24, 2.45) is 0 Å². The van der Waals surface area contributed by atoms with E-state index >= 15 is 0 Å². The normalized spacial score (nSPS) is 9.08. The molecule has 4 heteroatoms. The average molecular weight is 169 g/mol. The van der Waals surface area contributed by atoms with Gasteiger partial charge in [-0.05, 0) is 13.0 Å². The lowest BCUT2D eigenvalue weighted by Crippen LogP contribution is -2.33. The summed E-state index contributed by atoms with van der Waals surface area (Å²) in [5.74, 6) is 0.0620. The Kier molecular flexibility index (Phi) is 6.02. The average Bonchev–Trinajstić information content (AvgIpc) is 2.03. The minimum absolute atomic E-state index is 0.0620. The molecule has 68 valence electrons. The molecule has 0 spiro atoms. The number of hydrogen-bond acceptors (Lipinski definition) is 3. The van der Waals surface area contributed by atoms with E-state index in [0.29, 0.717) is 13.0 Å². The highest BCUT2D eigenvalue weighted by Crippen LogP contribution is 1.82. The first-order valence-electron chi connectivity index (χ1n) is 3.96. The molecule has 0 aromatic heterocycles. The van der Waals surface area contributed by atoms with Gasteiger partial charge in [-0.15, -0.1) is 0 Å². The lowest BCUT2D eigenvalue weighted by atomic mass is 10.3. The van der Waals surface area contributed by atoms with E-state index in [0.717, 1.165) is 13.0 Å². The number of hydrogen-bond donors (Lipinski definition) is 1. The fraction of sp³-hybridized carbons (Fsp3) is 0.750. The molecule has 0 heterocycles. The SMILES string of the molecule is CN(C)C(=O)CNCCCC#N. The smallest absolute Gasteiger partial charge is 0.236 e. The van der Waals surface area contributed by atoms with Gasteiger partial charge in [-0.2, -0.15) is 5.26 Å². The van der Waals surface area contributed by atoms with Gasteiger partial charge in [0.2, 0.25) is 5.91 Å². The Morgan fingerprint density at radius 2 is 2.25 bits per heavy atom. The van der Waals surface area contributed by atoms with Gasteiger partial charge in [0.1, 0.15) is 0 Å². The monoisotopic (exact) mass is 169 g/mol. The molecule has 0 fully saturated rings. The Balaban J connectivity index is 3.21. The van der Waals surface area contributed by atoms with E-state index in [1.807, 2.05) is 6.07 Å². The van der Waals surface area contributed by atoms with Gasteiger partial charge in [0.25, 0.3) is 0 Å². The van der Waals surface area contributed by atoms with Crippen molar-refractivity contribution in [1.29, 1.82) is 5.26 Å². The molecule has 0 aliphatic heterocycles. The second kappa shape index (κ2) is 6.62. The summed E-state index contributed by atoms with van der Waals surface area (Å²) in [5, 5.41) is 11.2. The molecule has 0 atom stereocenters. The van der Waals surface area contributed by atoms with E-state index in [9.17, 15) is 4.79 Å². The Morgan fingerprint density at radius 1 is 1.58 bits per heavy atom. The molecule has 0 saturated heterocycles. The van der Waals surface area contributed by atoms with Crippen LogP contribution < -0.4 is 5.32 Å². The Bertz CT molecular complexity index is 172. The second-order valence-electron chi connectivity index (χ2n) is 2.73. The van der Waals surface area contributed by atoms with E-state index in [4.69, 9.17) is 5.26 Å². The van der Waals surface area contributed by atoms with E-state index in [1.54, 1.807) is 14.1 Å². The van der Waals surface area contributed by atoms with Gasteiger partial charge in [-0.1, -0.05) is 0 Å². The maximum Gasteiger partial charge on any atom is 0.236 e. The lowest BCUT2D eigenvalue weighted by molar-refractivity contribution is -0.127. The number of amides is 1. The van der Waals surface area contributed by atoms with E-state index < -0.39 is 0 Å². The fourth-order valence-electron chi connectivity index (χ4n) is 0.646. The van der Waals surface area contributed by atoms with Crippen molar-refractivity contribution < 1.29 is 4.79 Å². The molecule has 0 bridgehead atoms. The van der Waals surface area contributed by atoms with E-state index in [-0.39, 0.29) is 5.91 Å². The zero-order chi connectivity index (χ0) is 9.40. The summed E-state index contributed by atoms with van der Waals surface area (Å²) in [4.78, 5) is 12.5. The number of nitriles is 1. The van der Waals surface area contributed by atoms with Crippen molar-refractivity contribution in [2.45, 2.75) is 12.8 Å². The molecular weight excluding hydrogens is 154 g/mol. The van der Waals surface area contributed by atoms with E-state index in [1.165, 1.54) is 4.90 Å². The predicted octanol–water partition coefficient (Wildman–Crippen LogP) is -0.0320. The quantitative estimate of drug-likeness (QED) is 0.588. The lowest BCUT2D eigenvalue weighted by Gasteiger charge is -2.10. The summed E-state index contributed by atoms with van der Waals surface area (Å²) in [5.41, 5.74) is 0. The van der Waals surface area contributed by atoms with Crippen LogP contribution in [0.25, 0.3) is 0 Å². The standard InChI is InChI=1S/C8H15N3O/c1-11(2)8(12)7-10-6-4-3-5-9/h10H,3-4,6-7H2,1-2H3. The molecule has 0 aliphatic carbocycles. The maximum absolute atomic E-state index is 11.0. The van der Waals surface area contributed by atoms with Crippen molar-refractivity contribution in [3.05, 3.63) is 0 Å². The number of carbonyl (C=O) groups is 1. The minimum Gasteiger partial charge on any atom is -0.348 e. The Labute approximate surface area is 73.2 Å². The van der Waals surface area contributed by atoms with Gasteiger partial charge in [0.05, 0.1) is 12.6 Å². The van der Waals surface area contributed by atoms with Crippen LogP contribution in [0, 0.1) is 11.3 Å². The van der Waals surface area contributed by atoms with Crippen LogP contribution in [0.4, 0.5) is 0 Å². The Hall–Kier alpha value is -1.08. The molecule has 12 heavy (non-hydrogen) atoms. The molecule has 1 amide bonds. The highest BCUT2D eigenvalue weighted by Gasteiger charge is 2.00. The molecule has 0 saturated carbocycles. The van der Waals surface area contributed by atoms with Crippen LogP contribution >= 0.6 is 0 Å². The first kappa shape index (κ1) is 10.9. The molecular formula is C8H15N3O. The van der Waals surface area contributed by atoms with Gasteiger partial charge in [-0.3, -0.25) is 4.79 Å². The van der Waals surface area contributed by atoms with Gasteiger partial charge >= 0.3 is 0 Å². The van der Waals surface area contributed by atoms with Gasteiger partial charge in [0.15, 0.2) is 0 Å². The summed E-state index contributed by atoms with van der Waals surface area (Å²) in [6, 6.07) is 2.04. The number of nitrogens with zero attached hydrogens (tertiary/aromatic N) is 2. The number of rotatable bonds is 5. The van der Waals surface area contributed by atoms with Crippen molar-refractivity contribution in [1.82, 2.24) is 10.2 Å². The summed E-state index contributed by atoms with van der Waals surface area (Å²) in [7, 11) is 3.44. The molecule has 0 rings (SSSR count). The zero-order valence-electron chi connectivity index (χ0n) is 7.63. The molecule has 4 nitrogen and oxygen atoms in total. The summed E-state index contributed by atoms with van der Waals surface area (Å²) >= 11 is 0. The zero-order valence-corrected chi connectivity index (χ0v) is 7.63. The van der Waals surface area contributed by atoms with Gasteiger partial charge < -0.3 is 10.2 Å². The summed E-state index contributed by atoms with van der Waals surface area (Å²) in [6.07, 6.45) is 1.35. The first-order chi connectivity index (χ1) is 5.68. The van der Waals surface area contributed by atoms with Crippen LogP contribution in [0.2, 0.25) is 0 Å². The van der Waals surface area contributed by atoms with Crippen molar-refractivity contribution >= 4 is 5.91 Å². The maximum atomic E-state index is 11.0. The number of unbranched alkanes of at least 4 members (excludes halogenated alkanes) is 1. The summed E-state index contributed by atoms with van der Waals surface area (Å²) < 4.78 is 0. The molecule has 0 aliphatic rings. The Morgan fingerprint density at radius 3 is 2.75 bits per heavy atom. The highest BCUT2D eigenvalue weighted by atomic mass is 16.2. The molecule has 1 N–H and O–H groups in total. The molecule has 0 radical (unpaired) electrons. The number of carbonyl (C=O) groups excluding carboxylic acids is 1. The number of nitrogens with one attached hydrogen (secondary N) is 1. The van der Waals surface area contributed by atoms with Crippen molar-refractivity contribution in [3.63, 3.8) is 0 Å². The fourth-order valence-corrected chi connectivity index (χ4v) is 0.646. The predicted molar refractivity (Wildman–Crippen MR) is 46.4 cm³/mol. The van der Waals surface area contributed by atoms with Crippen molar-refractivity contribution in [3.8, 4) is 6.07 Å². The van der Waals surface area contributed by atoms with Crippen LogP contribution in [0.1, 0.15) is 12.8 Å². The topological polar surface area (TPSA) is 56.1 Å². The van der Waals surface area contributed by atoms with Gasteiger partial charge in [0, 0.05) is 20.5 Å². The molecule has 0 aromatic rings.